The van der Waals surface area contributed by atoms with Crippen LogP contribution in [0.15, 0.2) is 30.5 Å². The van der Waals surface area contributed by atoms with Gasteiger partial charge in [-0.1, -0.05) is 12.1 Å². The van der Waals surface area contributed by atoms with Crippen LogP contribution in [0.3, 0.4) is 0 Å². The van der Waals surface area contributed by atoms with Crippen LogP contribution in [0.5, 0.6) is 0 Å². The van der Waals surface area contributed by atoms with E-state index in [-0.39, 0.29) is 0 Å². The predicted octanol–water partition coefficient (Wildman–Crippen LogP) is 1.67. The Morgan fingerprint density at radius 3 is 2.77 bits per heavy atom. The fraction of sp³-hybridized carbons (Fsp3) is 0.267. The van der Waals surface area contributed by atoms with E-state index in [1.165, 1.54) is 0 Å². The molecule has 3 aromatic rings. The number of nitrogens with zero attached hydrogens (tertiary/aromatic N) is 4. The average Bonchev–Trinajstić information content (AvgIpc) is 2.85. The first-order valence-corrected chi connectivity index (χ1v) is 6.97. The van der Waals surface area contributed by atoms with Gasteiger partial charge in [0.15, 0.2) is 5.65 Å². The molecule has 0 aliphatic rings. The molecule has 22 heavy (non-hydrogen) atoms. The number of methoxy groups -OCH3 is 1. The van der Waals surface area contributed by atoms with Crippen molar-refractivity contribution in [3.63, 3.8) is 0 Å². The number of nitrogens with two attached hydrogens (primary N) is 1. The lowest BCUT2D eigenvalue weighted by Crippen LogP contribution is -2.10. The van der Waals surface area contributed by atoms with E-state index in [9.17, 15) is 0 Å². The summed E-state index contributed by atoms with van der Waals surface area (Å²) in [7, 11) is 3.53. The SMILES string of the molecule is COCCNc1ncc2c(-c3ccc(N)cc3)nn(C)c2n1. The molecule has 2 aromatic heterocycles. The molecule has 3 N–H and O–H groups in total. The average molecular weight is 298 g/mol. The van der Waals surface area contributed by atoms with E-state index < -0.39 is 0 Å². The van der Waals surface area contributed by atoms with Crippen molar-refractivity contribution in [3.05, 3.63) is 30.5 Å². The van der Waals surface area contributed by atoms with Crippen LogP contribution in [0.4, 0.5) is 11.6 Å². The summed E-state index contributed by atoms with van der Waals surface area (Å²) < 4.78 is 6.75. The maximum atomic E-state index is 5.73. The second-order valence-corrected chi connectivity index (χ2v) is 4.94. The Hall–Kier alpha value is -2.67. The molecule has 0 saturated heterocycles. The summed E-state index contributed by atoms with van der Waals surface area (Å²) in [6.07, 6.45) is 1.79. The van der Waals surface area contributed by atoms with Crippen LogP contribution in [0, 0.1) is 0 Å². The molecule has 1 aromatic carbocycles. The number of nitrogen functional groups attached to an aromatic ring is 1. The van der Waals surface area contributed by atoms with E-state index in [0.29, 0.717) is 19.1 Å². The van der Waals surface area contributed by atoms with Crippen molar-refractivity contribution >= 4 is 22.7 Å². The van der Waals surface area contributed by atoms with Crippen LogP contribution in [0.25, 0.3) is 22.3 Å². The van der Waals surface area contributed by atoms with Crippen LogP contribution < -0.4 is 11.1 Å². The van der Waals surface area contributed by atoms with Crippen molar-refractivity contribution in [2.24, 2.45) is 7.05 Å². The topological polar surface area (TPSA) is 90.9 Å². The van der Waals surface area contributed by atoms with E-state index in [1.54, 1.807) is 18.0 Å². The molecular weight excluding hydrogens is 280 g/mol. The van der Waals surface area contributed by atoms with Crippen LogP contribution >= 0.6 is 0 Å². The van der Waals surface area contributed by atoms with Gasteiger partial charge in [0, 0.05) is 38.1 Å². The number of rotatable bonds is 5. The number of aryl methyl sites for hydroxylation is 1. The van der Waals surface area contributed by atoms with Gasteiger partial charge < -0.3 is 15.8 Å². The molecular formula is C15H18N6O. The maximum absolute atomic E-state index is 5.73. The zero-order chi connectivity index (χ0) is 15.5. The number of nitrogens with one attached hydrogen (secondary N) is 1. The number of hydrogen-bond donors (Lipinski definition) is 2. The summed E-state index contributed by atoms with van der Waals surface area (Å²) in [5.74, 6) is 0.566. The monoisotopic (exact) mass is 298 g/mol. The number of aromatic nitrogens is 4. The third-order valence-electron chi connectivity index (χ3n) is 3.35. The molecule has 7 nitrogen and oxygen atoms in total. The first kappa shape index (κ1) is 14.3. The van der Waals surface area contributed by atoms with Crippen LogP contribution in [-0.4, -0.2) is 40.0 Å². The van der Waals surface area contributed by atoms with E-state index in [0.717, 1.165) is 28.0 Å². The molecule has 0 spiro atoms. The van der Waals surface area contributed by atoms with Crippen molar-refractivity contribution in [3.8, 4) is 11.3 Å². The Morgan fingerprint density at radius 2 is 2.05 bits per heavy atom. The summed E-state index contributed by atoms with van der Waals surface area (Å²) in [6, 6.07) is 7.61. The lowest BCUT2D eigenvalue weighted by Gasteiger charge is -2.03. The van der Waals surface area contributed by atoms with Crippen LogP contribution in [-0.2, 0) is 11.8 Å². The molecule has 2 heterocycles. The standard InChI is InChI=1S/C15H18N6O/c1-21-14-12(9-18-15(19-14)17-7-8-22-2)13(20-21)10-3-5-11(16)6-4-10/h3-6,9H,7-8,16H2,1-2H3,(H,17,18,19). The lowest BCUT2D eigenvalue weighted by atomic mass is 10.1. The highest BCUT2D eigenvalue weighted by Gasteiger charge is 2.13. The minimum Gasteiger partial charge on any atom is -0.399 e. The summed E-state index contributed by atoms with van der Waals surface area (Å²) in [5.41, 5.74) is 9.08. The first-order valence-electron chi connectivity index (χ1n) is 6.97. The fourth-order valence-corrected chi connectivity index (χ4v) is 2.24. The molecule has 0 atom stereocenters. The number of fused-ring (bicyclic) bond motifs is 1. The van der Waals surface area contributed by atoms with Gasteiger partial charge in [-0.2, -0.15) is 10.1 Å². The third kappa shape index (κ3) is 2.71. The molecule has 0 bridgehead atoms. The van der Waals surface area contributed by atoms with E-state index in [4.69, 9.17) is 10.5 Å². The van der Waals surface area contributed by atoms with Gasteiger partial charge >= 0.3 is 0 Å². The van der Waals surface area contributed by atoms with Crippen molar-refractivity contribution < 1.29 is 4.74 Å². The smallest absolute Gasteiger partial charge is 0.224 e. The van der Waals surface area contributed by atoms with E-state index >= 15 is 0 Å². The van der Waals surface area contributed by atoms with E-state index in [2.05, 4.69) is 20.4 Å². The summed E-state index contributed by atoms with van der Waals surface area (Å²) in [5, 5.41) is 8.57. The molecule has 0 aliphatic heterocycles. The largest absolute Gasteiger partial charge is 0.399 e. The zero-order valence-electron chi connectivity index (χ0n) is 12.6. The minimum atomic E-state index is 0.566. The number of benzene rings is 1. The van der Waals surface area contributed by atoms with Gasteiger partial charge in [-0.25, -0.2) is 9.67 Å². The van der Waals surface area contributed by atoms with Gasteiger partial charge in [0.05, 0.1) is 12.0 Å². The molecule has 0 aliphatic carbocycles. The molecule has 7 heteroatoms. The normalized spacial score (nSPS) is 11.0. The molecule has 3 rings (SSSR count). The highest BCUT2D eigenvalue weighted by atomic mass is 16.5. The Morgan fingerprint density at radius 1 is 1.27 bits per heavy atom. The summed E-state index contributed by atoms with van der Waals surface area (Å²) in [4.78, 5) is 8.85. The van der Waals surface area contributed by atoms with Crippen molar-refractivity contribution in [2.45, 2.75) is 0 Å². The zero-order valence-corrected chi connectivity index (χ0v) is 12.6. The lowest BCUT2D eigenvalue weighted by molar-refractivity contribution is 0.210. The predicted molar refractivity (Wildman–Crippen MR) is 86.5 cm³/mol. The number of hydrogen-bond acceptors (Lipinski definition) is 6. The Balaban J connectivity index is 1.98. The highest BCUT2D eigenvalue weighted by molar-refractivity contribution is 5.91. The maximum Gasteiger partial charge on any atom is 0.224 e. The van der Waals surface area contributed by atoms with E-state index in [1.807, 2.05) is 31.3 Å². The molecule has 0 saturated carbocycles. The number of anilines is 2. The van der Waals surface area contributed by atoms with Gasteiger partial charge in [0.25, 0.3) is 0 Å². The van der Waals surface area contributed by atoms with Crippen LogP contribution in [0.2, 0.25) is 0 Å². The molecule has 0 fully saturated rings. The minimum absolute atomic E-state index is 0.566. The second-order valence-electron chi connectivity index (χ2n) is 4.94. The molecule has 0 radical (unpaired) electrons. The number of ether oxygens (including phenoxy) is 1. The molecule has 114 valence electrons. The van der Waals surface area contributed by atoms with Gasteiger partial charge in [-0.3, -0.25) is 0 Å². The molecule has 0 unspecified atom stereocenters. The molecule has 0 amide bonds. The Bertz CT molecular complexity index is 781. The van der Waals surface area contributed by atoms with Crippen molar-refractivity contribution in [1.82, 2.24) is 19.7 Å². The highest BCUT2D eigenvalue weighted by Crippen LogP contribution is 2.27. The third-order valence-corrected chi connectivity index (χ3v) is 3.35. The van der Waals surface area contributed by atoms with Crippen LogP contribution in [0.1, 0.15) is 0 Å². The second kappa shape index (κ2) is 5.98. The van der Waals surface area contributed by atoms with Gasteiger partial charge in [0.2, 0.25) is 5.95 Å². The van der Waals surface area contributed by atoms with Gasteiger partial charge in [-0.15, -0.1) is 0 Å². The van der Waals surface area contributed by atoms with Crippen molar-refractivity contribution in [2.75, 3.05) is 31.3 Å². The quantitative estimate of drug-likeness (QED) is 0.550. The Kier molecular flexibility index (Phi) is 3.88. The Labute approximate surface area is 128 Å². The van der Waals surface area contributed by atoms with Gasteiger partial charge in [-0.05, 0) is 12.1 Å². The van der Waals surface area contributed by atoms with Gasteiger partial charge in [0.1, 0.15) is 5.69 Å². The summed E-state index contributed by atoms with van der Waals surface area (Å²) >= 11 is 0. The first-order chi connectivity index (χ1) is 10.7. The van der Waals surface area contributed by atoms with Crippen molar-refractivity contribution in [1.29, 1.82) is 0 Å². The summed E-state index contributed by atoms with van der Waals surface area (Å²) in [6.45, 7) is 1.26. The fourth-order valence-electron chi connectivity index (χ4n) is 2.24.